The molecule has 0 saturated carbocycles. The predicted molar refractivity (Wildman–Crippen MR) is 81.3 cm³/mol. The van der Waals surface area contributed by atoms with Crippen molar-refractivity contribution in [2.75, 3.05) is 18.9 Å². The molecule has 2 aromatic rings. The smallest absolute Gasteiger partial charge is 0.242 e. The molecule has 0 spiro atoms. The number of rotatable bonds is 6. The number of benzene rings is 2. The van der Waals surface area contributed by atoms with Gasteiger partial charge in [-0.2, -0.15) is 0 Å². The molecule has 0 aromatic heterocycles. The highest BCUT2D eigenvalue weighted by Crippen LogP contribution is 2.20. The Labute approximate surface area is 119 Å². The molecule has 2 N–H and O–H groups in total. The van der Waals surface area contributed by atoms with Crippen LogP contribution >= 0.6 is 0 Å². The van der Waals surface area contributed by atoms with Crippen molar-refractivity contribution in [3.8, 4) is 0 Å². The molecule has 20 heavy (non-hydrogen) atoms. The zero-order valence-corrected chi connectivity index (χ0v) is 12.2. The van der Waals surface area contributed by atoms with Gasteiger partial charge in [-0.1, -0.05) is 42.5 Å². The largest absolute Gasteiger partial charge is 0.384 e. The zero-order chi connectivity index (χ0) is 14.4. The normalized spacial score (nSPS) is 11.2. The van der Waals surface area contributed by atoms with Gasteiger partial charge in [0.1, 0.15) is 4.90 Å². The van der Waals surface area contributed by atoms with Crippen molar-refractivity contribution in [3.63, 3.8) is 0 Å². The number of hydrogen-bond donors (Lipinski definition) is 2. The second kappa shape index (κ2) is 6.54. The van der Waals surface area contributed by atoms with E-state index in [1.54, 1.807) is 18.2 Å². The van der Waals surface area contributed by atoms with Gasteiger partial charge in [0.2, 0.25) is 10.0 Å². The Morgan fingerprint density at radius 2 is 1.60 bits per heavy atom. The minimum atomic E-state index is -3.44. The highest BCUT2D eigenvalue weighted by molar-refractivity contribution is 7.89. The van der Waals surface area contributed by atoms with Crippen molar-refractivity contribution >= 4 is 15.7 Å². The number of hydrogen-bond acceptors (Lipinski definition) is 3. The molecule has 0 saturated heterocycles. The summed E-state index contributed by atoms with van der Waals surface area (Å²) in [5.41, 5.74) is 1.84. The van der Waals surface area contributed by atoms with Gasteiger partial charge in [-0.25, -0.2) is 13.1 Å². The minimum absolute atomic E-state index is 0.274. The van der Waals surface area contributed by atoms with Crippen molar-refractivity contribution in [2.24, 2.45) is 0 Å². The highest BCUT2D eigenvalue weighted by atomic mass is 32.2. The highest BCUT2D eigenvalue weighted by Gasteiger charge is 2.15. The van der Waals surface area contributed by atoms with E-state index in [0.29, 0.717) is 12.2 Å². The van der Waals surface area contributed by atoms with Crippen molar-refractivity contribution in [3.05, 3.63) is 60.2 Å². The average molecular weight is 290 g/mol. The third kappa shape index (κ3) is 3.59. The lowest BCUT2D eigenvalue weighted by atomic mass is 10.1. The molecule has 5 heteroatoms. The molecule has 4 nitrogen and oxygen atoms in total. The molecule has 0 radical (unpaired) electrons. The Kier molecular flexibility index (Phi) is 4.76. The molecule has 0 heterocycles. The molecule has 0 fully saturated rings. The van der Waals surface area contributed by atoms with Crippen LogP contribution in [0.4, 0.5) is 5.69 Å². The molecule has 0 bridgehead atoms. The van der Waals surface area contributed by atoms with Gasteiger partial charge in [-0.3, -0.25) is 0 Å². The van der Waals surface area contributed by atoms with Crippen LogP contribution in [0.25, 0.3) is 0 Å². The van der Waals surface area contributed by atoms with Crippen LogP contribution < -0.4 is 10.0 Å². The van der Waals surface area contributed by atoms with Gasteiger partial charge >= 0.3 is 0 Å². The molecule has 0 unspecified atom stereocenters. The monoisotopic (exact) mass is 290 g/mol. The van der Waals surface area contributed by atoms with Gasteiger partial charge in [0.15, 0.2) is 0 Å². The Morgan fingerprint density at radius 1 is 0.950 bits per heavy atom. The quantitative estimate of drug-likeness (QED) is 0.858. The second-order valence-electron chi connectivity index (χ2n) is 4.37. The van der Waals surface area contributed by atoms with Crippen LogP contribution in [0.1, 0.15) is 5.56 Å². The average Bonchev–Trinajstić information content (AvgIpc) is 2.49. The first-order valence-corrected chi connectivity index (χ1v) is 7.92. The fraction of sp³-hybridized carbons (Fsp3) is 0.200. The van der Waals surface area contributed by atoms with Gasteiger partial charge in [-0.15, -0.1) is 0 Å². The SMILES string of the molecule is CNS(=O)(=O)c1ccccc1NCCc1ccccc1. The molecule has 0 atom stereocenters. The summed E-state index contributed by atoms with van der Waals surface area (Å²) in [5, 5.41) is 3.18. The molecule has 2 rings (SSSR count). The summed E-state index contributed by atoms with van der Waals surface area (Å²) in [6.45, 7) is 0.681. The van der Waals surface area contributed by atoms with Gasteiger partial charge in [-0.05, 0) is 31.2 Å². The van der Waals surface area contributed by atoms with Gasteiger partial charge in [0, 0.05) is 6.54 Å². The summed E-state index contributed by atoms with van der Waals surface area (Å²) >= 11 is 0. The molecule has 106 valence electrons. The van der Waals surface area contributed by atoms with Crippen molar-refractivity contribution in [1.29, 1.82) is 0 Å². The number of nitrogens with one attached hydrogen (secondary N) is 2. The van der Waals surface area contributed by atoms with Crippen molar-refractivity contribution < 1.29 is 8.42 Å². The maximum atomic E-state index is 11.9. The van der Waals surface area contributed by atoms with E-state index < -0.39 is 10.0 Å². The second-order valence-corrected chi connectivity index (χ2v) is 6.22. The van der Waals surface area contributed by atoms with Crippen LogP contribution in [0, 0.1) is 0 Å². The fourth-order valence-corrected chi connectivity index (χ4v) is 2.85. The molecule has 0 aliphatic carbocycles. The zero-order valence-electron chi connectivity index (χ0n) is 11.3. The van der Waals surface area contributed by atoms with Crippen LogP contribution in [0.3, 0.4) is 0 Å². The Morgan fingerprint density at radius 3 is 2.30 bits per heavy atom. The van der Waals surface area contributed by atoms with Gasteiger partial charge in [0.25, 0.3) is 0 Å². The van der Waals surface area contributed by atoms with E-state index in [0.717, 1.165) is 6.42 Å². The predicted octanol–water partition coefficient (Wildman–Crippen LogP) is 2.25. The number of para-hydroxylation sites is 1. The molecule has 2 aromatic carbocycles. The maximum absolute atomic E-state index is 11.9. The van der Waals surface area contributed by atoms with Crippen molar-refractivity contribution in [2.45, 2.75) is 11.3 Å². The van der Waals surface area contributed by atoms with E-state index in [9.17, 15) is 8.42 Å². The fourth-order valence-electron chi connectivity index (χ4n) is 1.94. The molecular weight excluding hydrogens is 272 g/mol. The van der Waals surface area contributed by atoms with E-state index in [-0.39, 0.29) is 4.90 Å². The first-order chi connectivity index (χ1) is 9.63. The van der Waals surface area contributed by atoms with E-state index in [1.165, 1.54) is 12.6 Å². The van der Waals surface area contributed by atoms with E-state index in [2.05, 4.69) is 22.2 Å². The van der Waals surface area contributed by atoms with Crippen LogP contribution in [-0.2, 0) is 16.4 Å². The van der Waals surface area contributed by atoms with E-state index >= 15 is 0 Å². The third-order valence-corrected chi connectivity index (χ3v) is 4.49. The lowest BCUT2D eigenvalue weighted by molar-refractivity contribution is 0.588. The molecule has 0 aliphatic heterocycles. The minimum Gasteiger partial charge on any atom is -0.384 e. The molecular formula is C15H18N2O2S. The summed E-state index contributed by atoms with van der Waals surface area (Å²) in [7, 11) is -2.02. The summed E-state index contributed by atoms with van der Waals surface area (Å²) in [6, 6.07) is 17.0. The lowest BCUT2D eigenvalue weighted by Crippen LogP contribution is -2.20. The Bertz CT molecular complexity index is 655. The van der Waals surface area contributed by atoms with Crippen molar-refractivity contribution in [1.82, 2.24) is 4.72 Å². The topological polar surface area (TPSA) is 58.2 Å². The van der Waals surface area contributed by atoms with Gasteiger partial charge < -0.3 is 5.32 Å². The summed E-state index contributed by atoms with van der Waals surface area (Å²) in [4.78, 5) is 0.274. The Balaban J connectivity index is 2.07. The summed E-state index contributed by atoms with van der Waals surface area (Å²) < 4.78 is 26.1. The summed E-state index contributed by atoms with van der Waals surface area (Å²) in [5.74, 6) is 0. The number of sulfonamides is 1. The van der Waals surface area contributed by atoms with Crippen LogP contribution in [0.15, 0.2) is 59.5 Å². The maximum Gasteiger partial charge on any atom is 0.242 e. The third-order valence-electron chi connectivity index (χ3n) is 3.02. The van der Waals surface area contributed by atoms with Gasteiger partial charge in [0.05, 0.1) is 5.69 Å². The summed E-state index contributed by atoms with van der Waals surface area (Å²) in [6.07, 6.45) is 0.842. The molecule has 0 amide bonds. The number of anilines is 1. The Hall–Kier alpha value is -1.85. The van der Waals surface area contributed by atoms with Crippen LogP contribution in [-0.4, -0.2) is 22.0 Å². The first-order valence-electron chi connectivity index (χ1n) is 6.44. The van der Waals surface area contributed by atoms with E-state index in [1.807, 2.05) is 24.3 Å². The molecule has 0 aliphatic rings. The van der Waals surface area contributed by atoms with Crippen LogP contribution in [0.2, 0.25) is 0 Å². The van der Waals surface area contributed by atoms with E-state index in [4.69, 9.17) is 0 Å². The first kappa shape index (κ1) is 14.6. The lowest BCUT2D eigenvalue weighted by Gasteiger charge is -2.11. The van der Waals surface area contributed by atoms with Crippen LogP contribution in [0.5, 0.6) is 0 Å². The standard InChI is InChI=1S/C15H18N2O2S/c1-16-20(18,19)15-10-6-5-9-14(15)17-12-11-13-7-3-2-4-8-13/h2-10,16-17H,11-12H2,1H3.